The highest BCUT2D eigenvalue weighted by Crippen LogP contribution is 2.42. The molecule has 1 heterocycles. The van der Waals surface area contributed by atoms with Crippen LogP contribution in [0.5, 0.6) is 0 Å². The summed E-state index contributed by atoms with van der Waals surface area (Å²) in [7, 11) is 0. The van der Waals surface area contributed by atoms with Gasteiger partial charge in [-0.3, -0.25) is 0 Å². The van der Waals surface area contributed by atoms with Crippen LogP contribution in [-0.4, -0.2) is 18.0 Å². The number of fused-ring (bicyclic) bond motifs is 1. The van der Waals surface area contributed by atoms with Gasteiger partial charge in [0.05, 0.1) is 6.61 Å². The van der Waals surface area contributed by atoms with Gasteiger partial charge < -0.3 is 9.84 Å². The molecule has 0 aromatic heterocycles. The highest BCUT2D eigenvalue weighted by molar-refractivity contribution is 4.85. The third-order valence-electron chi connectivity index (χ3n) is 3.31. The molecule has 1 saturated carbocycles. The molecular weight excluding hydrogens is 140 g/mol. The van der Waals surface area contributed by atoms with Gasteiger partial charge in [-0.05, 0) is 24.2 Å². The van der Waals surface area contributed by atoms with Crippen molar-refractivity contribution >= 4 is 0 Å². The number of rotatable bonds is 0. The van der Waals surface area contributed by atoms with Crippen LogP contribution in [0.25, 0.3) is 0 Å². The largest absolute Gasteiger partial charge is 0.368 e. The van der Waals surface area contributed by atoms with Crippen molar-refractivity contribution in [3.8, 4) is 0 Å². The molecule has 1 N–H and O–H groups in total. The number of aliphatic hydroxyl groups excluding tert-OH is 1. The minimum absolute atomic E-state index is 0.471. The summed E-state index contributed by atoms with van der Waals surface area (Å²) in [6, 6.07) is 0. The zero-order chi connectivity index (χ0) is 7.84. The smallest absolute Gasteiger partial charge is 0.154 e. The van der Waals surface area contributed by atoms with E-state index in [0.717, 1.165) is 30.8 Å². The van der Waals surface area contributed by atoms with E-state index in [4.69, 9.17) is 4.74 Å². The van der Waals surface area contributed by atoms with Crippen molar-refractivity contribution in [2.45, 2.75) is 32.5 Å². The lowest BCUT2D eigenvalue weighted by Crippen LogP contribution is -2.32. The fraction of sp³-hybridized carbons (Fsp3) is 1.00. The molecule has 2 aliphatic rings. The Hall–Kier alpha value is -0.0800. The molecule has 0 bridgehead atoms. The average molecular weight is 156 g/mol. The monoisotopic (exact) mass is 156 g/mol. The van der Waals surface area contributed by atoms with Crippen LogP contribution in [0, 0.1) is 17.8 Å². The Labute approximate surface area is 67.6 Å². The minimum atomic E-state index is -0.471. The van der Waals surface area contributed by atoms with Crippen molar-refractivity contribution in [3.05, 3.63) is 0 Å². The van der Waals surface area contributed by atoms with Crippen molar-refractivity contribution < 1.29 is 9.84 Å². The fourth-order valence-electron chi connectivity index (χ4n) is 2.51. The maximum atomic E-state index is 9.22. The molecular formula is C9H16O2. The van der Waals surface area contributed by atoms with E-state index in [0.29, 0.717) is 0 Å². The van der Waals surface area contributed by atoms with Crippen molar-refractivity contribution in [2.24, 2.45) is 17.8 Å². The second-order valence-electron chi connectivity index (χ2n) is 4.00. The molecule has 2 rings (SSSR count). The van der Waals surface area contributed by atoms with Crippen LogP contribution in [0.3, 0.4) is 0 Å². The molecule has 4 unspecified atom stereocenters. The maximum absolute atomic E-state index is 9.22. The molecule has 2 nitrogen and oxygen atoms in total. The van der Waals surface area contributed by atoms with Crippen molar-refractivity contribution in [2.75, 3.05) is 6.61 Å². The van der Waals surface area contributed by atoms with Crippen LogP contribution in [0.15, 0.2) is 0 Å². The topological polar surface area (TPSA) is 29.5 Å². The Morgan fingerprint density at radius 3 is 3.00 bits per heavy atom. The van der Waals surface area contributed by atoms with Crippen LogP contribution >= 0.6 is 0 Å². The van der Waals surface area contributed by atoms with Gasteiger partial charge in [0, 0.05) is 6.42 Å². The van der Waals surface area contributed by atoms with E-state index >= 15 is 0 Å². The Kier molecular flexibility index (Phi) is 1.90. The first-order valence-corrected chi connectivity index (χ1v) is 4.57. The van der Waals surface area contributed by atoms with Gasteiger partial charge in [-0.15, -0.1) is 0 Å². The quantitative estimate of drug-likeness (QED) is 0.574. The predicted octanol–water partition coefficient (Wildman–Crippen LogP) is 1.39. The van der Waals surface area contributed by atoms with Crippen molar-refractivity contribution in [1.82, 2.24) is 0 Å². The molecule has 1 aliphatic carbocycles. The number of hydrogen-bond donors (Lipinski definition) is 1. The second-order valence-corrected chi connectivity index (χ2v) is 4.00. The average Bonchev–Trinajstić information content (AvgIpc) is 2.32. The first-order valence-electron chi connectivity index (χ1n) is 4.57. The summed E-state index contributed by atoms with van der Waals surface area (Å²) >= 11 is 0. The summed E-state index contributed by atoms with van der Waals surface area (Å²) < 4.78 is 5.22. The standard InChI is InChI=1S/C9H16O2/c1-6-2-3-7-4-9(10)11-5-8(6)7/h6-10H,2-5H2,1H3. The summed E-state index contributed by atoms with van der Waals surface area (Å²) in [5.41, 5.74) is 0. The second kappa shape index (κ2) is 2.76. The van der Waals surface area contributed by atoms with E-state index in [1.165, 1.54) is 12.8 Å². The normalized spacial score (nSPS) is 50.7. The molecule has 0 radical (unpaired) electrons. The van der Waals surface area contributed by atoms with Crippen LogP contribution in [-0.2, 0) is 4.74 Å². The van der Waals surface area contributed by atoms with Crippen LogP contribution in [0.4, 0.5) is 0 Å². The van der Waals surface area contributed by atoms with Gasteiger partial charge in [-0.1, -0.05) is 13.3 Å². The summed E-state index contributed by atoms with van der Waals surface area (Å²) in [5, 5.41) is 9.22. The van der Waals surface area contributed by atoms with E-state index in [9.17, 15) is 5.11 Å². The molecule has 2 heteroatoms. The van der Waals surface area contributed by atoms with E-state index in [1.807, 2.05) is 0 Å². The third-order valence-corrected chi connectivity index (χ3v) is 3.31. The minimum Gasteiger partial charge on any atom is -0.368 e. The molecule has 2 fully saturated rings. The summed E-state index contributed by atoms with van der Waals surface area (Å²) in [4.78, 5) is 0. The first kappa shape index (κ1) is 7.56. The molecule has 1 saturated heterocycles. The van der Waals surface area contributed by atoms with Gasteiger partial charge in [0.2, 0.25) is 0 Å². The van der Waals surface area contributed by atoms with Gasteiger partial charge in [0.15, 0.2) is 6.29 Å². The first-order chi connectivity index (χ1) is 5.27. The lowest BCUT2D eigenvalue weighted by molar-refractivity contribution is -0.157. The highest BCUT2D eigenvalue weighted by atomic mass is 16.6. The summed E-state index contributed by atoms with van der Waals surface area (Å²) in [6.45, 7) is 3.08. The molecule has 1 aliphatic heterocycles. The van der Waals surface area contributed by atoms with Gasteiger partial charge in [0.25, 0.3) is 0 Å². The van der Waals surface area contributed by atoms with Crippen molar-refractivity contribution in [1.29, 1.82) is 0 Å². The van der Waals surface area contributed by atoms with E-state index in [1.54, 1.807) is 0 Å². The highest BCUT2D eigenvalue weighted by Gasteiger charge is 2.38. The van der Waals surface area contributed by atoms with E-state index < -0.39 is 6.29 Å². The Balaban J connectivity index is 2.00. The van der Waals surface area contributed by atoms with Gasteiger partial charge >= 0.3 is 0 Å². The lowest BCUT2D eigenvalue weighted by Gasteiger charge is -2.31. The summed E-state index contributed by atoms with van der Waals surface area (Å²) in [6.07, 6.45) is 3.02. The molecule has 4 atom stereocenters. The number of hydrogen-bond acceptors (Lipinski definition) is 2. The third kappa shape index (κ3) is 1.30. The van der Waals surface area contributed by atoms with Gasteiger partial charge in [0.1, 0.15) is 0 Å². The number of ether oxygens (including phenoxy) is 1. The van der Waals surface area contributed by atoms with Crippen molar-refractivity contribution in [3.63, 3.8) is 0 Å². The maximum Gasteiger partial charge on any atom is 0.154 e. The summed E-state index contributed by atoms with van der Waals surface area (Å²) in [5.74, 6) is 2.29. The van der Waals surface area contributed by atoms with Crippen LogP contribution < -0.4 is 0 Å². The van der Waals surface area contributed by atoms with Crippen LogP contribution in [0.2, 0.25) is 0 Å². The number of aliphatic hydroxyl groups is 1. The Bertz CT molecular complexity index is 146. The predicted molar refractivity (Wildman–Crippen MR) is 42.0 cm³/mol. The molecule has 0 spiro atoms. The lowest BCUT2D eigenvalue weighted by atomic mass is 9.87. The molecule has 0 aromatic carbocycles. The molecule has 0 amide bonds. The zero-order valence-corrected chi connectivity index (χ0v) is 6.99. The SMILES string of the molecule is CC1CCC2CC(O)OCC12. The van der Waals surface area contributed by atoms with E-state index in [2.05, 4.69) is 6.92 Å². The molecule has 64 valence electrons. The van der Waals surface area contributed by atoms with Gasteiger partial charge in [-0.2, -0.15) is 0 Å². The zero-order valence-electron chi connectivity index (χ0n) is 6.99. The van der Waals surface area contributed by atoms with Gasteiger partial charge in [-0.25, -0.2) is 0 Å². The molecule has 11 heavy (non-hydrogen) atoms. The Morgan fingerprint density at radius 1 is 1.36 bits per heavy atom. The van der Waals surface area contributed by atoms with E-state index in [-0.39, 0.29) is 0 Å². The molecule has 0 aromatic rings. The Morgan fingerprint density at radius 2 is 2.18 bits per heavy atom. The van der Waals surface area contributed by atoms with Crippen LogP contribution in [0.1, 0.15) is 26.2 Å². The fourth-order valence-corrected chi connectivity index (χ4v) is 2.51.